The normalized spacial score (nSPS) is 16.0. The van der Waals surface area contributed by atoms with Crippen LogP contribution in [0.15, 0.2) is 352 Å². The van der Waals surface area contributed by atoms with Gasteiger partial charge in [-0.1, -0.05) is 0 Å². The molecule has 0 N–H and O–H groups in total. The molecule has 538 valence electrons. The van der Waals surface area contributed by atoms with Crippen LogP contribution in [0.3, 0.4) is 0 Å². The zero-order valence-corrected chi connectivity index (χ0v) is 73.4. The number of para-hydroxylation sites is 4. The molecular formula is C102H63B2N5OTe5. The average Bonchev–Trinajstić information content (AvgIpc) is 0.818. The number of hydrogen-bond acceptors (Lipinski definition) is 6. The monoisotopic (exact) mass is 2050 g/mol. The van der Waals surface area contributed by atoms with Crippen LogP contribution < -0.4 is 65.6 Å². The van der Waals surface area contributed by atoms with Gasteiger partial charge in [-0.2, -0.15) is 0 Å². The van der Waals surface area contributed by atoms with Gasteiger partial charge in [-0.15, -0.1) is 0 Å². The van der Waals surface area contributed by atoms with Crippen LogP contribution in [-0.2, 0) is 0 Å². The molecular weight excluding hydrogens is 1970 g/mol. The molecule has 0 amide bonds. The van der Waals surface area contributed by atoms with Gasteiger partial charge in [0.2, 0.25) is 0 Å². The fraction of sp³-hybridized carbons (Fsp3) is 0.0392. The number of allylic oxidation sites excluding steroid dienone is 1. The third-order valence-corrected chi connectivity index (χ3v) is 43.3. The molecule has 0 radical (unpaired) electrons. The standard InChI is InChI=1S/C102H63B2N5OTe5/c1-3-26-60(27-4-1)105(80-44-21-35-69-64-30-7-16-49-91(64)111-98(69)80)62-54-86-96-87(55-62)109(84-48-25-39-73-68-34-11-20-53-95(68)115-102(73)84)85-59-89-77(58-76(85)103(96)74-40-12-14-42-78(74)107(86)82-46-23-37-71-66-32-9-18-51-93(66)113-100(71)82)104-75-41-13-15-43-79(75)108(83-47-24-38-72-67-33-10-19-52-94(67)114-101(72)83)88-56-63(57-90(110-89)97(88)104)106(61-28-5-2-6-29-61)81-45-22-36-70-65-31-8-17-50-92(65)112-99(70)81/h1-35,37-59,70,81,99H,36H2. The van der Waals surface area contributed by atoms with Crippen molar-refractivity contribution in [1.29, 1.82) is 0 Å². The zero-order valence-electron chi connectivity index (χ0n) is 61.8. The van der Waals surface area contributed by atoms with E-state index < -0.39 is 103 Å². The summed E-state index contributed by atoms with van der Waals surface area (Å²) in [4.78, 5) is 13.6. The van der Waals surface area contributed by atoms with Crippen LogP contribution in [0, 0.1) is 0 Å². The van der Waals surface area contributed by atoms with Crippen molar-refractivity contribution in [2.24, 2.45) is 0 Å². The van der Waals surface area contributed by atoms with Crippen LogP contribution >= 0.6 is 0 Å². The van der Waals surface area contributed by atoms with Gasteiger partial charge < -0.3 is 0 Å². The molecule has 16 aromatic carbocycles. The van der Waals surface area contributed by atoms with E-state index in [2.05, 4.69) is 376 Å². The Hall–Kier alpha value is -9.86. The van der Waals surface area contributed by atoms with Crippen molar-refractivity contribution in [1.82, 2.24) is 0 Å². The molecule has 20 aromatic rings. The molecule has 3 unspecified atom stereocenters. The summed E-state index contributed by atoms with van der Waals surface area (Å²) in [6, 6.07) is 132. The van der Waals surface area contributed by atoms with Gasteiger partial charge in [0, 0.05) is 0 Å². The summed E-state index contributed by atoms with van der Waals surface area (Å²) in [5.41, 5.74) is 26.0. The summed E-state index contributed by atoms with van der Waals surface area (Å²) < 4.78 is 22.3. The summed E-state index contributed by atoms with van der Waals surface area (Å²) in [5, 5.41) is 11.0. The Kier molecular flexibility index (Phi) is 15.4. The van der Waals surface area contributed by atoms with Gasteiger partial charge in [-0.05, 0) is 0 Å². The van der Waals surface area contributed by atoms with Gasteiger partial charge in [0.15, 0.2) is 0 Å². The molecule has 0 bridgehead atoms. The molecule has 3 atom stereocenters. The quantitative estimate of drug-likeness (QED) is 0.106. The Labute approximate surface area is 714 Å². The van der Waals surface area contributed by atoms with Gasteiger partial charge in [-0.25, -0.2) is 0 Å². The van der Waals surface area contributed by atoms with Crippen LogP contribution in [0.4, 0.5) is 79.6 Å². The number of fused-ring (bicyclic) bond motifs is 23. The van der Waals surface area contributed by atoms with Gasteiger partial charge in [0.25, 0.3) is 0 Å². The molecule has 6 nitrogen and oxygen atoms in total. The first-order valence-electron chi connectivity index (χ1n) is 39.6. The molecule has 6 aliphatic rings. The predicted octanol–water partition coefficient (Wildman–Crippen LogP) is 20.5. The predicted molar refractivity (Wildman–Crippen MR) is 493 cm³/mol. The van der Waals surface area contributed by atoms with Crippen molar-refractivity contribution in [2.75, 3.05) is 24.5 Å². The topological polar surface area (TPSA) is 25.4 Å². The van der Waals surface area contributed by atoms with Crippen molar-refractivity contribution >= 4 is 302 Å². The summed E-state index contributed by atoms with van der Waals surface area (Å²) >= 11 is -3.90. The van der Waals surface area contributed by atoms with Crippen molar-refractivity contribution in [3.05, 3.63) is 357 Å². The van der Waals surface area contributed by atoms with Crippen LogP contribution in [0.5, 0.6) is 11.5 Å². The fourth-order valence-corrected chi connectivity index (χ4v) is 38.7. The van der Waals surface area contributed by atoms with E-state index in [0.29, 0.717) is 9.88 Å². The summed E-state index contributed by atoms with van der Waals surface area (Å²) in [7, 11) is 0. The number of ether oxygens (including phenoxy) is 1. The van der Waals surface area contributed by atoms with E-state index in [-0.39, 0.29) is 19.5 Å². The van der Waals surface area contributed by atoms with Crippen LogP contribution in [0.2, 0.25) is 3.97 Å². The minimum atomic E-state index is -0.905. The number of hydrogen-bond donors (Lipinski definition) is 0. The second-order valence-corrected chi connectivity index (χ2v) is 46.6. The van der Waals surface area contributed by atoms with E-state index in [1.807, 2.05) is 0 Å². The number of rotatable bonds is 9. The second kappa shape index (κ2) is 26.3. The first-order chi connectivity index (χ1) is 57.1. The van der Waals surface area contributed by atoms with E-state index in [4.69, 9.17) is 4.74 Å². The Morgan fingerprint density at radius 1 is 0.313 bits per heavy atom. The molecule has 26 rings (SSSR count). The summed E-state index contributed by atoms with van der Waals surface area (Å²) in [6.45, 7) is -0.388. The minimum absolute atomic E-state index is 0.117. The molecule has 0 saturated carbocycles. The Morgan fingerprint density at radius 2 is 0.757 bits per heavy atom. The van der Waals surface area contributed by atoms with Gasteiger partial charge >= 0.3 is 723 Å². The third kappa shape index (κ3) is 10.0. The molecule has 0 saturated heterocycles. The summed E-state index contributed by atoms with van der Waals surface area (Å²) in [5.74, 6) is 2.28. The molecule has 9 heterocycles. The molecule has 0 spiro atoms. The Morgan fingerprint density at radius 3 is 1.34 bits per heavy atom. The van der Waals surface area contributed by atoms with Crippen LogP contribution in [-0.4, -0.2) is 122 Å². The summed E-state index contributed by atoms with van der Waals surface area (Å²) in [6.07, 6.45) is 6.15. The van der Waals surface area contributed by atoms with Gasteiger partial charge in [0.05, 0.1) is 0 Å². The fourth-order valence-electron chi connectivity index (χ4n) is 20.5. The van der Waals surface area contributed by atoms with E-state index in [1.54, 1.807) is 9.17 Å². The Bertz CT molecular complexity index is 7600. The molecule has 5 aliphatic heterocycles. The van der Waals surface area contributed by atoms with E-state index in [1.165, 1.54) is 160 Å². The Balaban J connectivity index is 0.767. The zero-order chi connectivity index (χ0) is 74.8. The van der Waals surface area contributed by atoms with Gasteiger partial charge in [-0.3, -0.25) is 0 Å². The van der Waals surface area contributed by atoms with Crippen molar-refractivity contribution in [2.45, 2.75) is 22.3 Å². The number of anilines is 14. The van der Waals surface area contributed by atoms with E-state index in [0.717, 1.165) is 40.7 Å². The first-order valence-corrected chi connectivity index (χ1v) is 51.4. The maximum atomic E-state index is 8.28. The van der Waals surface area contributed by atoms with Gasteiger partial charge in [0.1, 0.15) is 0 Å². The molecule has 0 fully saturated rings. The van der Waals surface area contributed by atoms with E-state index in [9.17, 15) is 0 Å². The van der Waals surface area contributed by atoms with Crippen molar-refractivity contribution in [3.63, 3.8) is 0 Å². The third-order valence-electron chi connectivity index (χ3n) is 25.2. The van der Waals surface area contributed by atoms with Crippen LogP contribution in [0.25, 0.3) is 70.3 Å². The molecule has 13 heteroatoms. The SMILES string of the molecule is C1=CC(N(c2ccccc2)c2cc3c4c(c2)N(c2cccc5c2[te]c2ccccc25)c2ccccc2B4c2cc4c(cc2O3)N(c2cccc3c2[te]c2ccccc23)c2cc(N(c3ccccc3)c3cccc5c3[te]c3ccccc35)cc3c2B4c2ccccc2N3c2cccc3c2[te]c2ccccc23)C2[Te]c3ccccc3C2C1. The average molecular weight is 2030 g/mol. The van der Waals surface area contributed by atoms with Crippen LogP contribution in [0.1, 0.15) is 17.9 Å². The van der Waals surface area contributed by atoms with E-state index >= 15 is 0 Å². The number of benzene rings is 16. The number of nitrogens with zero attached hydrogens (tertiary/aromatic N) is 5. The molecule has 4 aromatic heterocycles. The van der Waals surface area contributed by atoms with Crippen molar-refractivity contribution in [3.8, 4) is 11.5 Å². The van der Waals surface area contributed by atoms with Crippen molar-refractivity contribution < 1.29 is 4.74 Å². The maximum absolute atomic E-state index is 8.28. The molecule has 1 aliphatic carbocycles. The first kappa shape index (κ1) is 67.3. The second-order valence-electron chi connectivity index (χ2n) is 31.1. The molecule has 115 heavy (non-hydrogen) atoms.